The van der Waals surface area contributed by atoms with Crippen LogP contribution in [0.5, 0.6) is 0 Å². The van der Waals surface area contributed by atoms with Crippen LogP contribution in [-0.4, -0.2) is 64.6 Å². The fraction of sp³-hybridized carbons (Fsp3) is 0.231. The maximum Gasteiger partial charge on any atom is 0.323 e. The van der Waals surface area contributed by atoms with E-state index in [4.69, 9.17) is 0 Å². The number of sulfone groups is 1. The van der Waals surface area contributed by atoms with Gasteiger partial charge in [0, 0.05) is 55.8 Å². The minimum Gasteiger partial charge on any atom is -0.380 e. The highest BCUT2D eigenvalue weighted by Crippen LogP contribution is 2.21. The summed E-state index contributed by atoms with van der Waals surface area (Å²) in [4.78, 5) is 31.3. The molecule has 4 aromatic rings. The number of nitrogens with one attached hydrogen (secondary N) is 3. The Bertz CT molecular complexity index is 1600. The Morgan fingerprint density at radius 3 is 2.61 bits per heavy atom. The second kappa shape index (κ2) is 10.5. The van der Waals surface area contributed by atoms with E-state index in [2.05, 4.69) is 26.0 Å². The van der Waals surface area contributed by atoms with Gasteiger partial charge in [0.15, 0.2) is 9.84 Å². The molecule has 2 aromatic heterocycles. The van der Waals surface area contributed by atoms with Crippen molar-refractivity contribution in [3.8, 4) is 0 Å². The van der Waals surface area contributed by atoms with Gasteiger partial charge in [-0.05, 0) is 48.0 Å². The summed E-state index contributed by atoms with van der Waals surface area (Å²) < 4.78 is 24.9. The molecule has 2 aromatic carbocycles. The van der Waals surface area contributed by atoms with Crippen molar-refractivity contribution in [1.29, 1.82) is 0 Å². The first kappa shape index (κ1) is 25.2. The molecule has 0 atom stereocenters. The van der Waals surface area contributed by atoms with Gasteiger partial charge in [-0.25, -0.2) is 18.2 Å². The number of anilines is 3. The van der Waals surface area contributed by atoms with Gasteiger partial charge in [-0.1, -0.05) is 12.1 Å². The average Bonchev–Trinajstić information content (AvgIpc) is 3.27. The predicted molar refractivity (Wildman–Crippen MR) is 146 cm³/mol. The highest BCUT2D eigenvalue weighted by molar-refractivity contribution is 7.91. The molecule has 1 aliphatic heterocycles. The molecule has 1 fully saturated rings. The number of aromatic nitrogens is 3. The number of amides is 3. The molecule has 1 saturated heterocycles. The van der Waals surface area contributed by atoms with Gasteiger partial charge in [0.1, 0.15) is 5.82 Å². The summed E-state index contributed by atoms with van der Waals surface area (Å²) in [7, 11) is -1.23. The van der Waals surface area contributed by atoms with Crippen LogP contribution in [0.15, 0.2) is 67.0 Å². The second-order valence-electron chi connectivity index (χ2n) is 9.05. The zero-order valence-corrected chi connectivity index (χ0v) is 21.5. The molecule has 0 radical (unpaired) electrons. The SMILES string of the molecule is Cn1cc2ccc(NC(=O)c3ccccc3NCc3ccnc(NC(=O)N4CCS(=O)(=O)CC4)c3)cc2n1. The van der Waals surface area contributed by atoms with Crippen LogP contribution in [-0.2, 0) is 23.4 Å². The lowest BCUT2D eigenvalue weighted by atomic mass is 10.1. The number of fused-ring (bicyclic) bond motifs is 1. The number of pyridine rings is 1. The van der Waals surface area contributed by atoms with Crippen LogP contribution in [0.4, 0.5) is 22.0 Å². The van der Waals surface area contributed by atoms with Gasteiger partial charge >= 0.3 is 6.03 Å². The number of rotatable bonds is 6. The number of hydrogen-bond donors (Lipinski definition) is 3. The molecule has 3 amide bonds. The van der Waals surface area contributed by atoms with Gasteiger partial charge in [0.25, 0.3) is 5.91 Å². The fourth-order valence-electron chi connectivity index (χ4n) is 4.21. The van der Waals surface area contributed by atoms with E-state index in [-0.39, 0.29) is 36.5 Å². The van der Waals surface area contributed by atoms with E-state index in [9.17, 15) is 18.0 Å². The first-order valence-corrected chi connectivity index (χ1v) is 13.9. The zero-order valence-electron chi connectivity index (χ0n) is 20.7. The largest absolute Gasteiger partial charge is 0.380 e. The summed E-state index contributed by atoms with van der Waals surface area (Å²) in [5, 5.41) is 14.3. The van der Waals surface area contributed by atoms with Crippen molar-refractivity contribution in [1.82, 2.24) is 19.7 Å². The van der Waals surface area contributed by atoms with Gasteiger partial charge < -0.3 is 15.5 Å². The maximum absolute atomic E-state index is 13.1. The number of carbonyl (C=O) groups is 2. The quantitative estimate of drug-likeness (QED) is 0.346. The van der Waals surface area contributed by atoms with Crippen LogP contribution >= 0.6 is 0 Å². The summed E-state index contributed by atoms with van der Waals surface area (Å²) in [6.07, 6.45) is 3.50. The van der Waals surface area contributed by atoms with Crippen LogP contribution in [0.1, 0.15) is 15.9 Å². The van der Waals surface area contributed by atoms with Crippen LogP contribution in [0.2, 0.25) is 0 Å². The van der Waals surface area contributed by atoms with Gasteiger partial charge in [0.05, 0.1) is 22.6 Å². The summed E-state index contributed by atoms with van der Waals surface area (Å²) in [5.74, 6) is 0.0266. The van der Waals surface area contributed by atoms with Gasteiger partial charge in [-0.3, -0.25) is 14.8 Å². The number of nitrogens with zero attached hydrogens (tertiary/aromatic N) is 4. The lowest BCUT2D eigenvalue weighted by Gasteiger charge is -2.26. The number of hydrogen-bond acceptors (Lipinski definition) is 7. The molecule has 11 nitrogen and oxygen atoms in total. The molecule has 3 N–H and O–H groups in total. The molecule has 0 spiro atoms. The summed E-state index contributed by atoms with van der Waals surface area (Å²) in [6.45, 7) is 0.700. The third-order valence-corrected chi connectivity index (χ3v) is 7.83. The van der Waals surface area contributed by atoms with Crippen molar-refractivity contribution < 1.29 is 18.0 Å². The highest BCUT2D eigenvalue weighted by atomic mass is 32.2. The number of urea groups is 1. The summed E-state index contributed by atoms with van der Waals surface area (Å²) in [5.41, 5.74) is 3.42. The maximum atomic E-state index is 13.1. The molecule has 0 unspecified atom stereocenters. The Morgan fingerprint density at radius 1 is 1.00 bits per heavy atom. The lowest BCUT2D eigenvalue weighted by Crippen LogP contribution is -2.45. The minimum absolute atomic E-state index is 0.0391. The van der Waals surface area contributed by atoms with Crippen molar-refractivity contribution in [2.45, 2.75) is 6.54 Å². The van der Waals surface area contributed by atoms with Crippen LogP contribution in [0, 0.1) is 0 Å². The topological polar surface area (TPSA) is 138 Å². The van der Waals surface area contributed by atoms with E-state index in [1.807, 2.05) is 43.6 Å². The monoisotopic (exact) mass is 533 g/mol. The Balaban J connectivity index is 1.22. The number of aryl methyl sites for hydroxylation is 1. The molecule has 5 rings (SSSR count). The Kier molecular flexibility index (Phi) is 6.97. The van der Waals surface area contributed by atoms with E-state index in [0.717, 1.165) is 16.5 Å². The van der Waals surface area contributed by atoms with Crippen molar-refractivity contribution >= 4 is 49.9 Å². The first-order chi connectivity index (χ1) is 18.3. The highest BCUT2D eigenvalue weighted by Gasteiger charge is 2.25. The predicted octanol–water partition coefficient (Wildman–Crippen LogP) is 3.10. The molecule has 12 heteroatoms. The molecule has 0 bridgehead atoms. The Labute approximate surface area is 219 Å². The molecule has 196 valence electrons. The third-order valence-electron chi connectivity index (χ3n) is 6.23. The van der Waals surface area contributed by atoms with Crippen LogP contribution < -0.4 is 16.0 Å². The minimum atomic E-state index is -3.08. The normalized spacial score (nSPS) is 14.7. The van der Waals surface area contributed by atoms with Crippen LogP contribution in [0.25, 0.3) is 10.9 Å². The van der Waals surface area contributed by atoms with Crippen LogP contribution in [0.3, 0.4) is 0 Å². The van der Waals surface area contributed by atoms with E-state index in [1.54, 1.807) is 35.1 Å². The van der Waals surface area contributed by atoms with Crippen molar-refractivity contribution in [3.63, 3.8) is 0 Å². The number of benzene rings is 2. The molecule has 0 aliphatic carbocycles. The third kappa shape index (κ3) is 5.92. The molecule has 1 aliphatic rings. The zero-order chi connectivity index (χ0) is 26.7. The van der Waals surface area contributed by atoms with Gasteiger partial charge in [-0.15, -0.1) is 0 Å². The first-order valence-electron chi connectivity index (χ1n) is 12.0. The van der Waals surface area contributed by atoms with E-state index < -0.39 is 9.84 Å². The molecule has 3 heterocycles. The Hall–Kier alpha value is -4.45. The van der Waals surface area contributed by atoms with E-state index in [0.29, 0.717) is 29.3 Å². The van der Waals surface area contributed by atoms with E-state index in [1.165, 1.54) is 4.90 Å². The van der Waals surface area contributed by atoms with Crippen molar-refractivity contribution in [2.24, 2.45) is 7.05 Å². The van der Waals surface area contributed by atoms with Crippen molar-refractivity contribution in [3.05, 3.63) is 78.1 Å². The lowest BCUT2D eigenvalue weighted by molar-refractivity contribution is 0.102. The molecule has 0 saturated carbocycles. The van der Waals surface area contributed by atoms with Gasteiger partial charge in [0.2, 0.25) is 0 Å². The number of carbonyl (C=O) groups excluding carboxylic acids is 2. The Morgan fingerprint density at radius 2 is 1.79 bits per heavy atom. The smallest absolute Gasteiger partial charge is 0.323 e. The summed E-state index contributed by atoms with van der Waals surface area (Å²) >= 11 is 0. The summed E-state index contributed by atoms with van der Waals surface area (Å²) in [6, 6.07) is 15.9. The second-order valence-corrected chi connectivity index (χ2v) is 11.4. The fourth-order valence-corrected chi connectivity index (χ4v) is 5.41. The van der Waals surface area contributed by atoms with Gasteiger partial charge in [-0.2, -0.15) is 5.10 Å². The van der Waals surface area contributed by atoms with Crippen molar-refractivity contribution in [2.75, 3.05) is 40.5 Å². The molecular weight excluding hydrogens is 506 g/mol. The average molecular weight is 534 g/mol. The van der Waals surface area contributed by atoms with E-state index >= 15 is 0 Å². The molecule has 38 heavy (non-hydrogen) atoms. The molecular formula is C26H27N7O4S. The standard InChI is InChI=1S/C26H27N7O4S/c1-32-17-19-6-7-20(15-23(19)31-32)29-25(34)21-4-2-3-5-22(21)28-16-18-8-9-27-24(14-18)30-26(35)33-10-12-38(36,37)13-11-33/h2-9,14-15,17,28H,10-13,16H2,1H3,(H,29,34)(H,27,30,35). The number of para-hydroxylation sites is 1.